The van der Waals surface area contributed by atoms with Crippen LogP contribution in [0.25, 0.3) is 0 Å². The molecule has 1 aromatic heterocycles. The molecule has 1 aliphatic heterocycles. The molecule has 1 fully saturated rings. The van der Waals surface area contributed by atoms with E-state index in [0.717, 1.165) is 30.9 Å². The van der Waals surface area contributed by atoms with Crippen molar-refractivity contribution >= 4 is 5.91 Å². The van der Waals surface area contributed by atoms with Crippen LogP contribution in [-0.4, -0.2) is 29.0 Å². The van der Waals surface area contributed by atoms with E-state index >= 15 is 0 Å². The Labute approximate surface area is 101 Å². The zero-order chi connectivity index (χ0) is 12.3. The molecule has 5 nitrogen and oxygen atoms in total. The largest absolute Gasteiger partial charge is 0.350 e. The summed E-state index contributed by atoms with van der Waals surface area (Å²) in [6.45, 7) is 5.98. The van der Waals surface area contributed by atoms with Crippen LogP contribution in [0.1, 0.15) is 24.7 Å². The summed E-state index contributed by atoms with van der Waals surface area (Å²) in [6, 6.07) is 0. The lowest BCUT2D eigenvalue weighted by atomic mass is 9.89. The number of nitrogens with zero attached hydrogens (tertiary/aromatic N) is 2. The van der Waals surface area contributed by atoms with E-state index in [1.807, 2.05) is 13.8 Å². The predicted molar refractivity (Wildman–Crippen MR) is 64.2 cm³/mol. The highest BCUT2D eigenvalue weighted by Gasteiger charge is 2.35. The summed E-state index contributed by atoms with van der Waals surface area (Å²) in [5, 5.41) is 6.13. The van der Waals surface area contributed by atoms with Crippen LogP contribution in [-0.2, 0) is 11.3 Å². The van der Waals surface area contributed by atoms with Crippen LogP contribution < -0.4 is 10.6 Å². The number of aryl methyl sites for hydroxylation is 1. The molecule has 1 saturated heterocycles. The Balaban J connectivity index is 1.89. The molecule has 0 radical (unpaired) electrons. The Morgan fingerprint density at radius 1 is 1.53 bits per heavy atom. The van der Waals surface area contributed by atoms with Crippen molar-refractivity contribution in [1.29, 1.82) is 0 Å². The minimum Gasteiger partial charge on any atom is -0.350 e. The molecule has 92 valence electrons. The van der Waals surface area contributed by atoms with E-state index in [1.54, 1.807) is 12.4 Å². The Bertz CT molecular complexity index is 395. The number of hydrogen-bond acceptors (Lipinski definition) is 4. The van der Waals surface area contributed by atoms with E-state index < -0.39 is 0 Å². The van der Waals surface area contributed by atoms with Gasteiger partial charge < -0.3 is 10.6 Å². The molecule has 1 unspecified atom stereocenters. The molecule has 0 aliphatic carbocycles. The molecule has 2 N–H and O–H groups in total. The van der Waals surface area contributed by atoms with Gasteiger partial charge >= 0.3 is 0 Å². The third-order valence-electron chi connectivity index (χ3n) is 3.18. The van der Waals surface area contributed by atoms with Gasteiger partial charge in [-0.2, -0.15) is 0 Å². The highest BCUT2D eigenvalue weighted by Crippen LogP contribution is 2.24. The van der Waals surface area contributed by atoms with Gasteiger partial charge in [0.1, 0.15) is 0 Å². The van der Waals surface area contributed by atoms with Crippen LogP contribution in [0.15, 0.2) is 12.4 Å². The van der Waals surface area contributed by atoms with Crippen molar-refractivity contribution in [3.05, 3.63) is 23.8 Å². The summed E-state index contributed by atoms with van der Waals surface area (Å²) in [5.74, 6) is 0.0878. The zero-order valence-corrected chi connectivity index (χ0v) is 10.3. The number of amides is 1. The minimum absolute atomic E-state index is 0.0878. The molecule has 0 bridgehead atoms. The average molecular weight is 234 g/mol. The minimum atomic E-state index is -0.280. The van der Waals surface area contributed by atoms with Crippen LogP contribution in [0.4, 0.5) is 0 Å². The van der Waals surface area contributed by atoms with E-state index in [0.29, 0.717) is 6.54 Å². The second kappa shape index (κ2) is 4.79. The first kappa shape index (κ1) is 12.0. The number of aromatic nitrogens is 2. The first-order chi connectivity index (χ1) is 8.10. The maximum Gasteiger partial charge on any atom is 0.227 e. The van der Waals surface area contributed by atoms with Gasteiger partial charge in [0.2, 0.25) is 5.91 Å². The number of rotatable bonds is 3. The van der Waals surface area contributed by atoms with Crippen molar-refractivity contribution in [3.8, 4) is 0 Å². The first-order valence-electron chi connectivity index (χ1n) is 5.87. The number of nitrogens with one attached hydrogen (secondary N) is 2. The fourth-order valence-corrected chi connectivity index (χ4v) is 1.91. The Morgan fingerprint density at radius 2 is 2.35 bits per heavy atom. The van der Waals surface area contributed by atoms with Gasteiger partial charge in [-0.05, 0) is 26.8 Å². The third kappa shape index (κ3) is 2.79. The van der Waals surface area contributed by atoms with E-state index in [4.69, 9.17) is 0 Å². The van der Waals surface area contributed by atoms with Gasteiger partial charge in [0.05, 0.1) is 29.5 Å². The maximum atomic E-state index is 12.0. The van der Waals surface area contributed by atoms with Crippen molar-refractivity contribution in [1.82, 2.24) is 20.6 Å². The first-order valence-corrected chi connectivity index (χ1v) is 5.87. The molecule has 0 saturated carbocycles. The summed E-state index contributed by atoms with van der Waals surface area (Å²) in [5.41, 5.74) is 1.39. The van der Waals surface area contributed by atoms with Gasteiger partial charge in [-0.1, -0.05) is 0 Å². The molecule has 1 amide bonds. The van der Waals surface area contributed by atoms with Crippen molar-refractivity contribution in [2.75, 3.05) is 13.1 Å². The lowest BCUT2D eigenvalue weighted by Crippen LogP contribution is -2.40. The molecule has 5 heteroatoms. The summed E-state index contributed by atoms with van der Waals surface area (Å²) in [4.78, 5) is 20.4. The Morgan fingerprint density at radius 3 is 2.94 bits per heavy atom. The third-order valence-corrected chi connectivity index (χ3v) is 3.18. The van der Waals surface area contributed by atoms with E-state index in [1.165, 1.54) is 0 Å². The Hall–Kier alpha value is -1.49. The van der Waals surface area contributed by atoms with Gasteiger partial charge in [0.25, 0.3) is 0 Å². The van der Waals surface area contributed by atoms with E-state index in [2.05, 4.69) is 20.6 Å². The normalized spacial score (nSPS) is 23.6. The van der Waals surface area contributed by atoms with Crippen LogP contribution in [0, 0.1) is 12.3 Å². The zero-order valence-electron chi connectivity index (χ0n) is 10.3. The quantitative estimate of drug-likeness (QED) is 0.794. The SMILES string of the molecule is Cc1cnc(CNC(=O)C2(C)CCNC2)cn1. The second-order valence-corrected chi connectivity index (χ2v) is 4.82. The van der Waals surface area contributed by atoms with Crippen molar-refractivity contribution < 1.29 is 4.79 Å². The molecule has 2 rings (SSSR count). The summed E-state index contributed by atoms with van der Waals surface area (Å²) in [7, 11) is 0. The molecule has 2 heterocycles. The lowest BCUT2D eigenvalue weighted by molar-refractivity contribution is -0.129. The molecular formula is C12H18N4O. The van der Waals surface area contributed by atoms with Gasteiger partial charge in [-0.15, -0.1) is 0 Å². The number of carbonyl (C=O) groups excluding carboxylic acids is 1. The fraction of sp³-hybridized carbons (Fsp3) is 0.583. The predicted octanol–water partition coefficient (Wildman–Crippen LogP) is 0.401. The van der Waals surface area contributed by atoms with Gasteiger partial charge in [-0.3, -0.25) is 14.8 Å². The van der Waals surface area contributed by atoms with Crippen LogP contribution >= 0.6 is 0 Å². The van der Waals surface area contributed by atoms with Gasteiger partial charge in [0, 0.05) is 12.7 Å². The van der Waals surface area contributed by atoms with Gasteiger partial charge in [-0.25, -0.2) is 0 Å². The van der Waals surface area contributed by atoms with Crippen molar-refractivity contribution in [2.24, 2.45) is 5.41 Å². The lowest BCUT2D eigenvalue weighted by Gasteiger charge is -2.21. The fourth-order valence-electron chi connectivity index (χ4n) is 1.91. The molecule has 0 aromatic carbocycles. The molecule has 1 atom stereocenters. The summed E-state index contributed by atoms with van der Waals surface area (Å²) >= 11 is 0. The second-order valence-electron chi connectivity index (χ2n) is 4.82. The highest BCUT2D eigenvalue weighted by molar-refractivity contribution is 5.82. The van der Waals surface area contributed by atoms with Crippen LogP contribution in [0.3, 0.4) is 0 Å². The smallest absolute Gasteiger partial charge is 0.227 e. The van der Waals surface area contributed by atoms with E-state index in [-0.39, 0.29) is 11.3 Å². The topological polar surface area (TPSA) is 66.9 Å². The molecular weight excluding hydrogens is 216 g/mol. The molecule has 17 heavy (non-hydrogen) atoms. The standard InChI is InChI=1S/C12H18N4O/c1-9-5-15-10(6-14-9)7-16-11(17)12(2)3-4-13-8-12/h5-6,13H,3-4,7-8H2,1-2H3,(H,16,17). The number of hydrogen-bond donors (Lipinski definition) is 2. The summed E-state index contributed by atoms with van der Waals surface area (Å²) in [6.07, 6.45) is 4.30. The highest BCUT2D eigenvalue weighted by atomic mass is 16.2. The molecule has 1 aliphatic rings. The monoisotopic (exact) mass is 234 g/mol. The van der Waals surface area contributed by atoms with E-state index in [9.17, 15) is 4.79 Å². The Kier molecular flexibility index (Phi) is 3.38. The molecule has 1 aromatic rings. The van der Waals surface area contributed by atoms with Crippen molar-refractivity contribution in [3.63, 3.8) is 0 Å². The maximum absolute atomic E-state index is 12.0. The van der Waals surface area contributed by atoms with Crippen LogP contribution in [0.2, 0.25) is 0 Å². The summed E-state index contributed by atoms with van der Waals surface area (Å²) < 4.78 is 0. The van der Waals surface area contributed by atoms with Gasteiger partial charge in [0.15, 0.2) is 0 Å². The van der Waals surface area contributed by atoms with Crippen LogP contribution in [0.5, 0.6) is 0 Å². The number of carbonyl (C=O) groups is 1. The molecule has 0 spiro atoms. The van der Waals surface area contributed by atoms with Crippen molar-refractivity contribution in [2.45, 2.75) is 26.8 Å². The average Bonchev–Trinajstić information content (AvgIpc) is 2.76.